The van der Waals surface area contributed by atoms with Crippen LogP contribution in [0.15, 0.2) is 60.7 Å². The van der Waals surface area contributed by atoms with Gasteiger partial charge in [0.1, 0.15) is 6.10 Å². The van der Waals surface area contributed by atoms with Gasteiger partial charge in [0.2, 0.25) is 6.29 Å². The molecule has 0 aromatic heterocycles. The Morgan fingerprint density at radius 2 is 1.42 bits per heavy atom. The molecule has 1 unspecified atom stereocenters. The van der Waals surface area contributed by atoms with E-state index in [9.17, 15) is 14.7 Å². The average molecular weight is 356 g/mol. The predicted molar refractivity (Wildman–Crippen MR) is 92.5 cm³/mol. The molecule has 0 spiro atoms. The van der Waals surface area contributed by atoms with E-state index in [-0.39, 0.29) is 0 Å². The number of ether oxygens (including phenoxy) is 3. The van der Waals surface area contributed by atoms with Crippen molar-refractivity contribution in [3.8, 4) is 0 Å². The maximum Gasteiger partial charge on any atom is 0.340 e. The zero-order valence-corrected chi connectivity index (χ0v) is 14.3. The maximum atomic E-state index is 12.3. The molecule has 0 bridgehead atoms. The van der Waals surface area contributed by atoms with E-state index in [1.165, 1.54) is 0 Å². The van der Waals surface area contributed by atoms with Gasteiger partial charge in [0.15, 0.2) is 12.2 Å². The molecule has 26 heavy (non-hydrogen) atoms. The van der Waals surface area contributed by atoms with Gasteiger partial charge < -0.3 is 19.3 Å². The van der Waals surface area contributed by atoms with Crippen molar-refractivity contribution in [2.75, 3.05) is 0 Å². The normalized spacial score (nSPS) is 24.8. The van der Waals surface area contributed by atoms with Gasteiger partial charge in [-0.2, -0.15) is 0 Å². The van der Waals surface area contributed by atoms with E-state index >= 15 is 0 Å². The SMILES string of the molecule is CC[C@H]1O[C@@H](OC(=O)c2ccccc2)C(O)[C@H]1OC(=O)c1ccccc1. The molecule has 136 valence electrons. The monoisotopic (exact) mass is 356 g/mol. The van der Waals surface area contributed by atoms with Crippen LogP contribution in [0.2, 0.25) is 0 Å². The number of carbonyl (C=O) groups excluding carboxylic acids is 2. The summed E-state index contributed by atoms with van der Waals surface area (Å²) in [6.07, 6.45) is -3.45. The van der Waals surface area contributed by atoms with Crippen LogP contribution in [0.25, 0.3) is 0 Å². The summed E-state index contributed by atoms with van der Waals surface area (Å²) in [6.45, 7) is 1.84. The highest BCUT2D eigenvalue weighted by molar-refractivity contribution is 5.90. The first-order valence-electron chi connectivity index (χ1n) is 8.45. The molecule has 2 aromatic rings. The van der Waals surface area contributed by atoms with Crippen LogP contribution in [0.1, 0.15) is 34.1 Å². The van der Waals surface area contributed by atoms with Crippen molar-refractivity contribution in [1.82, 2.24) is 0 Å². The molecule has 6 nitrogen and oxygen atoms in total. The van der Waals surface area contributed by atoms with Crippen molar-refractivity contribution in [2.24, 2.45) is 0 Å². The van der Waals surface area contributed by atoms with Crippen LogP contribution in [0.5, 0.6) is 0 Å². The summed E-state index contributed by atoms with van der Waals surface area (Å²) in [6, 6.07) is 16.9. The third-order valence-electron chi connectivity index (χ3n) is 4.18. The summed E-state index contributed by atoms with van der Waals surface area (Å²) < 4.78 is 16.3. The molecular weight excluding hydrogens is 336 g/mol. The summed E-state index contributed by atoms with van der Waals surface area (Å²) in [7, 11) is 0. The number of aliphatic hydroxyl groups is 1. The third-order valence-corrected chi connectivity index (χ3v) is 4.18. The number of carbonyl (C=O) groups is 2. The molecule has 2 aromatic carbocycles. The second-order valence-electron chi connectivity index (χ2n) is 5.95. The number of esters is 2. The highest BCUT2D eigenvalue weighted by Gasteiger charge is 2.47. The Morgan fingerprint density at radius 1 is 0.923 bits per heavy atom. The molecule has 0 radical (unpaired) electrons. The zero-order valence-electron chi connectivity index (χ0n) is 14.3. The Morgan fingerprint density at radius 3 is 1.92 bits per heavy atom. The quantitative estimate of drug-likeness (QED) is 0.829. The van der Waals surface area contributed by atoms with Crippen LogP contribution in [0, 0.1) is 0 Å². The molecule has 4 atom stereocenters. The fourth-order valence-electron chi connectivity index (χ4n) is 2.79. The fraction of sp³-hybridized carbons (Fsp3) is 0.300. The van der Waals surface area contributed by atoms with E-state index < -0.39 is 36.5 Å². The second-order valence-corrected chi connectivity index (χ2v) is 5.95. The minimum Gasteiger partial charge on any atom is -0.453 e. The van der Waals surface area contributed by atoms with E-state index in [0.717, 1.165) is 0 Å². The van der Waals surface area contributed by atoms with Gasteiger partial charge >= 0.3 is 11.9 Å². The van der Waals surface area contributed by atoms with Gasteiger partial charge in [-0.05, 0) is 30.7 Å². The minimum absolute atomic E-state index is 0.348. The van der Waals surface area contributed by atoms with Gasteiger partial charge in [-0.3, -0.25) is 0 Å². The molecule has 1 aliphatic rings. The Hall–Kier alpha value is -2.70. The van der Waals surface area contributed by atoms with Crippen molar-refractivity contribution >= 4 is 11.9 Å². The molecule has 1 heterocycles. The van der Waals surface area contributed by atoms with Gasteiger partial charge in [0, 0.05) is 0 Å². The molecule has 1 N–H and O–H groups in total. The number of aliphatic hydroxyl groups excluding tert-OH is 1. The number of hydrogen-bond donors (Lipinski definition) is 1. The summed E-state index contributed by atoms with van der Waals surface area (Å²) in [5.74, 6) is -1.17. The molecule has 1 fully saturated rings. The van der Waals surface area contributed by atoms with Gasteiger partial charge in [-0.25, -0.2) is 9.59 Å². The highest BCUT2D eigenvalue weighted by atomic mass is 16.7. The number of rotatable bonds is 5. The predicted octanol–water partition coefficient (Wildman–Crippen LogP) is 2.56. The topological polar surface area (TPSA) is 82.1 Å². The average Bonchev–Trinajstić information content (AvgIpc) is 2.98. The van der Waals surface area contributed by atoms with E-state index in [4.69, 9.17) is 14.2 Å². The van der Waals surface area contributed by atoms with Gasteiger partial charge in [-0.15, -0.1) is 0 Å². The maximum absolute atomic E-state index is 12.3. The minimum atomic E-state index is -1.26. The van der Waals surface area contributed by atoms with Gasteiger partial charge in [0.05, 0.1) is 11.1 Å². The summed E-state index contributed by atoms with van der Waals surface area (Å²) in [5.41, 5.74) is 0.723. The molecular formula is C20H20O6. The molecule has 1 aliphatic heterocycles. The lowest BCUT2D eigenvalue weighted by molar-refractivity contribution is -0.134. The number of benzene rings is 2. The van der Waals surface area contributed by atoms with E-state index in [1.54, 1.807) is 60.7 Å². The van der Waals surface area contributed by atoms with Crippen LogP contribution < -0.4 is 0 Å². The first-order valence-corrected chi connectivity index (χ1v) is 8.45. The summed E-state index contributed by atoms with van der Waals surface area (Å²) in [4.78, 5) is 24.4. The molecule has 0 aliphatic carbocycles. The largest absolute Gasteiger partial charge is 0.453 e. The van der Waals surface area contributed by atoms with Crippen molar-refractivity contribution in [3.63, 3.8) is 0 Å². The summed E-state index contributed by atoms with van der Waals surface area (Å²) >= 11 is 0. The molecule has 0 amide bonds. The Kier molecular flexibility index (Phi) is 5.65. The van der Waals surface area contributed by atoms with E-state index in [2.05, 4.69) is 0 Å². The second kappa shape index (κ2) is 8.12. The molecule has 6 heteroatoms. The standard InChI is InChI=1S/C20H20O6/c1-2-15-17(25-18(22)13-9-5-3-6-10-13)16(21)20(24-15)26-19(23)14-11-7-4-8-12-14/h3-12,15-17,20-21H,2H2,1H3/t15-,16?,17+,20+/m1/s1. The molecule has 0 saturated carbocycles. The van der Waals surface area contributed by atoms with Crippen LogP contribution in [-0.4, -0.2) is 41.6 Å². The molecule has 1 saturated heterocycles. The third kappa shape index (κ3) is 3.92. The van der Waals surface area contributed by atoms with Crippen molar-refractivity contribution in [3.05, 3.63) is 71.8 Å². The lowest BCUT2D eigenvalue weighted by atomic mass is 10.1. The smallest absolute Gasteiger partial charge is 0.340 e. The lowest BCUT2D eigenvalue weighted by Gasteiger charge is -2.19. The molecule has 3 rings (SSSR count). The lowest BCUT2D eigenvalue weighted by Crippen LogP contribution is -2.38. The van der Waals surface area contributed by atoms with Crippen molar-refractivity contribution in [1.29, 1.82) is 0 Å². The van der Waals surface area contributed by atoms with Gasteiger partial charge in [0.25, 0.3) is 0 Å². The van der Waals surface area contributed by atoms with Crippen LogP contribution in [0.4, 0.5) is 0 Å². The zero-order chi connectivity index (χ0) is 18.5. The van der Waals surface area contributed by atoms with Crippen LogP contribution in [0.3, 0.4) is 0 Å². The Bertz CT molecular complexity index is 745. The Balaban J connectivity index is 1.67. The number of hydrogen-bond acceptors (Lipinski definition) is 6. The summed E-state index contributed by atoms with van der Waals surface area (Å²) in [5, 5.41) is 10.5. The first-order chi connectivity index (χ1) is 12.6. The van der Waals surface area contributed by atoms with Crippen LogP contribution in [-0.2, 0) is 14.2 Å². The van der Waals surface area contributed by atoms with Gasteiger partial charge in [-0.1, -0.05) is 43.3 Å². The van der Waals surface area contributed by atoms with E-state index in [0.29, 0.717) is 17.5 Å². The van der Waals surface area contributed by atoms with E-state index in [1.807, 2.05) is 6.92 Å². The fourth-order valence-corrected chi connectivity index (χ4v) is 2.79. The van der Waals surface area contributed by atoms with Crippen molar-refractivity contribution in [2.45, 2.75) is 37.9 Å². The Labute approximate surface area is 151 Å². The van der Waals surface area contributed by atoms with Crippen LogP contribution >= 0.6 is 0 Å². The first kappa shape index (κ1) is 18.1. The van der Waals surface area contributed by atoms with Crippen molar-refractivity contribution < 1.29 is 28.9 Å². The highest BCUT2D eigenvalue weighted by Crippen LogP contribution is 2.28.